The van der Waals surface area contributed by atoms with Gasteiger partial charge in [0.1, 0.15) is 0 Å². The molecule has 0 aromatic carbocycles. The molecule has 0 amide bonds. The first-order valence-corrected chi connectivity index (χ1v) is 4.92. The predicted molar refractivity (Wildman–Crippen MR) is 57.4 cm³/mol. The summed E-state index contributed by atoms with van der Waals surface area (Å²) >= 11 is 0. The zero-order valence-electron chi connectivity index (χ0n) is 8.58. The van der Waals surface area contributed by atoms with E-state index in [-0.39, 0.29) is 0 Å². The van der Waals surface area contributed by atoms with Crippen LogP contribution < -0.4 is 0 Å². The first-order valence-electron chi connectivity index (χ1n) is 4.92. The molecule has 1 aliphatic heterocycles. The van der Waals surface area contributed by atoms with Crippen LogP contribution in [-0.2, 0) is 0 Å². The molecule has 0 aromatic heterocycles. The summed E-state index contributed by atoms with van der Waals surface area (Å²) in [5.74, 6) is 0. The maximum Gasteiger partial charge on any atom is 0.0386 e. The number of rotatable bonds is 4. The number of nitrogens with zero attached hydrogens (tertiary/aromatic N) is 2. The molecule has 0 unspecified atom stereocenters. The lowest BCUT2D eigenvalue weighted by Gasteiger charge is -2.24. The summed E-state index contributed by atoms with van der Waals surface area (Å²) < 4.78 is 0. The molecular weight excluding hydrogens is 160 g/mol. The average Bonchev–Trinajstić information content (AvgIpc) is 2.15. The molecule has 2 heteroatoms. The third kappa shape index (κ3) is 2.72. The molecule has 0 N–H and O–H groups in total. The van der Waals surface area contributed by atoms with Gasteiger partial charge in [-0.3, -0.25) is 0 Å². The van der Waals surface area contributed by atoms with Crippen molar-refractivity contribution in [3.05, 3.63) is 24.0 Å². The summed E-state index contributed by atoms with van der Waals surface area (Å²) in [7, 11) is 0. The maximum absolute atomic E-state index is 4.30. The lowest BCUT2D eigenvalue weighted by molar-refractivity contribution is 0.426. The smallest absolute Gasteiger partial charge is 0.0386 e. The van der Waals surface area contributed by atoms with Crippen molar-refractivity contribution in [2.45, 2.75) is 39.5 Å². The molecule has 72 valence electrons. The highest BCUT2D eigenvalue weighted by Gasteiger charge is 2.10. The van der Waals surface area contributed by atoms with Crippen LogP contribution in [0.25, 0.3) is 0 Å². The first-order chi connectivity index (χ1) is 6.25. The lowest BCUT2D eigenvalue weighted by atomic mass is 10.1. The van der Waals surface area contributed by atoms with Gasteiger partial charge in [0.05, 0.1) is 0 Å². The summed E-state index contributed by atoms with van der Waals surface area (Å²) in [6, 6.07) is 0. The van der Waals surface area contributed by atoms with E-state index in [0.29, 0.717) is 0 Å². The average molecular weight is 178 g/mol. The van der Waals surface area contributed by atoms with Crippen LogP contribution >= 0.6 is 0 Å². The third-order valence-corrected chi connectivity index (χ3v) is 2.08. The largest absolute Gasteiger partial charge is 0.244 e. The van der Waals surface area contributed by atoms with Gasteiger partial charge in [0.15, 0.2) is 0 Å². The van der Waals surface area contributed by atoms with Crippen molar-refractivity contribution in [1.82, 2.24) is 5.01 Å². The van der Waals surface area contributed by atoms with Gasteiger partial charge in [-0.05, 0) is 19.8 Å². The lowest BCUT2D eigenvalue weighted by Crippen LogP contribution is -2.16. The van der Waals surface area contributed by atoms with Crippen LogP contribution in [0.2, 0.25) is 0 Å². The molecule has 1 heterocycles. The predicted octanol–water partition coefficient (Wildman–Crippen LogP) is 3.29. The van der Waals surface area contributed by atoms with Gasteiger partial charge in [-0.15, -0.1) is 0 Å². The Kier molecular flexibility index (Phi) is 3.74. The minimum Gasteiger partial charge on any atom is -0.244 e. The Balaban J connectivity index is 2.58. The fourth-order valence-corrected chi connectivity index (χ4v) is 1.39. The number of unbranched alkanes of at least 4 members (excludes halogenated alkanes) is 1. The zero-order chi connectivity index (χ0) is 9.68. The SMILES string of the molecule is C=C(C)N1N=CCC=C1CCCC. The topological polar surface area (TPSA) is 15.6 Å². The Hall–Kier alpha value is -1.05. The van der Waals surface area contributed by atoms with Gasteiger partial charge in [0, 0.05) is 24.0 Å². The Bertz CT molecular complexity index is 238. The molecule has 0 saturated heterocycles. The van der Waals surface area contributed by atoms with Crippen LogP contribution in [0, 0.1) is 0 Å². The number of allylic oxidation sites excluding steroid dienone is 3. The molecule has 1 rings (SSSR count). The second-order valence-corrected chi connectivity index (χ2v) is 3.38. The fourth-order valence-electron chi connectivity index (χ4n) is 1.39. The minimum absolute atomic E-state index is 0.961. The highest BCUT2D eigenvalue weighted by Crippen LogP contribution is 2.20. The Labute approximate surface area is 80.6 Å². The Morgan fingerprint density at radius 3 is 3.08 bits per heavy atom. The molecule has 0 saturated carbocycles. The number of hydrogen-bond donors (Lipinski definition) is 0. The van der Waals surface area contributed by atoms with E-state index >= 15 is 0 Å². The second kappa shape index (κ2) is 4.85. The minimum atomic E-state index is 0.961. The van der Waals surface area contributed by atoms with E-state index in [1.165, 1.54) is 18.5 Å². The van der Waals surface area contributed by atoms with Gasteiger partial charge in [0.25, 0.3) is 0 Å². The standard InChI is InChI=1S/C11H18N2/c1-4-5-7-11-8-6-9-12-13(11)10(2)3/h8-9H,2,4-7H2,1,3H3. The molecule has 1 aliphatic rings. The monoisotopic (exact) mass is 178 g/mol. The van der Waals surface area contributed by atoms with E-state index in [1.807, 2.05) is 18.1 Å². The molecule has 2 nitrogen and oxygen atoms in total. The van der Waals surface area contributed by atoms with Crippen molar-refractivity contribution in [2.75, 3.05) is 0 Å². The number of hydrogen-bond acceptors (Lipinski definition) is 2. The van der Waals surface area contributed by atoms with E-state index < -0.39 is 0 Å². The van der Waals surface area contributed by atoms with Crippen LogP contribution in [0.3, 0.4) is 0 Å². The normalized spacial score (nSPS) is 15.8. The van der Waals surface area contributed by atoms with Crippen molar-refractivity contribution < 1.29 is 0 Å². The summed E-state index contributed by atoms with van der Waals surface area (Å²) in [5, 5.41) is 6.25. The van der Waals surface area contributed by atoms with Crippen molar-refractivity contribution in [1.29, 1.82) is 0 Å². The highest BCUT2D eigenvalue weighted by atomic mass is 15.5. The number of hydrazone groups is 1. The van der Waals surface area contributed by atoms with Crippen LogP contribution in [0.1, 0.15) is 39.5 Å². The van der Waals surface area contributed by atoms with Gasteiger partial charge >= 0.3 is 0 Å². The van der Waals surface area contributed by atoms with Gasteiger partial charge in [-0.2, -0.15) is 5.10 Å². The Morgan fingerprint density at radius 2 is 2.46 bits per heavy atom. The molecule has 0 radical (unpaired) electrons. The molecule has 13 heavy (non-hydrogen) atoms. The molecule has 0 fully saturated rings. The van der Waals surface area contributed by atoms with E-state index in [4.69, 9.17) is 0 Å². The van der Waals surface area contributed by atoms with Crippen molar-refractivity contribution >= 4 is 6.21 Å². The van der Waals surface area contributed by atoms with Crippen LogP contribution in [0.5, 0.6) is 0 Å². The second-order valence-electron chi connectivity index (χ2n) is 3.38. The van der Waals surface area contributed by atoms with E-state index in [2.05, 4.69) is 24.7 Å². The molecule has 0 spiro atoms. The van der Waals surface area contributed by atoms with E-state index in [9.17, 15) is 0 Å². The van der Waals surface area contributed by atoms with Crippen molar-refractivity contribution in [3.63, 3.8) is 0 Å². The van der Waals surface area contributed by atoms with E-state index in [1.54, 1.807) is 0 Å². The highest BCUT2D eigenvalue weighted by molar-refractivity contribution is 5.61. The van der Waals surface area contributed by atoms with E-state index in [0.717, 1.165) is 18.5 Å². The molecule has 0 aromatic rings. The summed E-state index contributed by atoms with van der Waals surface area (Å²) in [4.78, 5) is 0. The fraction of sp³-hybridized carbons (Fsp3) is 0.545. The van der Waals surface area contributed by atoms with Crippen LogP contribution in [0.4, 0.5) is 0 Å². The van der Waals surface area contributed by atoms with Gasteiger partial charge in [-0.1, -0.05) is 26.0 Å². The molecule has 0 aliphatic carbocycles. The van der Waals surface area contributed by atoms with Gasteiger partial charge < -0.3 is 0 Å². The third-order valence-electron chi connectivity index (χ3n) is 2.08. The molecular formula is C11H18N2. The summed E-state index contributed by atoms with van der Waals surface area (Å²) in [6.07, 6.45) is 8.68. The van der Waals surface area contributed by atoms with Crippen molar-refractivity contribution in [3.8, 4) is 0 Å². The summed E-state index contributed by atoms with van der Waals surface area (Å²) in [6.45, 7) is 8.10. The van der Waals surface area contributed by atoms with Crippen LogP contribution in [-0.4, -0.2) is 11.2 Å². The first kappa shape index (κ1) is 10.0. The van der Waals surface area contributed by atoms with Gasteiger partial charge in [0.2, 0.25) is 0 Å². The maximum atomic E-state index is 4.30. The quantitative estimate of drug-likeness (QED) is 0.645. The van der Waals surface area contributed by atoms with Gasteiger partial charge in [-0.25, -0.2) is 5.01 Å². The van der Waals surface area contributed by atoms with Crippen LogP contribution in [0.15, 0.2) is 29.2 Å². The summed E-state index contributed by atoms with van der Waals surface area (Å²) in [5.41, 5.74) is 2.30. The van der Waals surface area contributed by atoms with Crippen molar-refractivity contribution in [2.24, 2.45) is 5.10 Å². The molecule has 0 bridgehead atoms. The zero-order valence-corrected chi connectivity index (χ0v) is 8.58. The Morgan fingerprint density at radius 1 is 1.69 bits per heavy atom. The molecule has 0 atom stereocenters.